The van der Waals surface area contributed by atoms with E-state index in [-0.39, 0.29) is 5.91 Å². The summed E-state index contributed by atoms with van der Waals surface area (Å²) in [4.78, 5) is 24.5. The van der Waals surface area contributed by atoms with Crippen LogP contribution in [0.1, 0.15) is 21.5 Å². The summed E-state index contributed by atoms with van der Waals surface area (Å²) in [6, 6.07) is 7.42. The Morgan fingerprint density at radius 3 is 2.55 bits per heavy atom. The number of carbonyl (C=O) groups is 1. The lowest BCUT2D eigenvalue weighted by atomic mass is 10.1. The third-order valence-corrected chi connectivity index (χ3v) is 3.15. The molecule has 2 aromatic heterocycles. The Morgan fingerprint density at radius 2 is 1.86 bits per heavy atom. The molecule has 3 rings (SSSR count). The lowest BCUT2D eigenvalue weighted by Gasteiger charge is -2.07. The van der Waals surface area contributed by atoms with Gasteiger partial charge in [0.1, 0.15) is 24.3 Å². The average molecular weight is 293 g/mol. The van der Waals surface area contributed by atoms with Crippen molar-refractivity contribution in [2.45, 2.75) is 13.8 Å². The Balaban J connectivity index is 1.84. The van der Waals surface area contributed by atoms with Gasteiger partial charge in [0.15, 0.2) is 0 Å². The molecule has 0 aliphatic carbocycles. The second-order valence-corrected chi connectivity index (χ2v) is 5.06. The SMILES string of the molecule is Cc1cc(C)cc(C(=O)Nc2cc(-n3ccnc3)ncn2)c1. The second kappa shape index (κ2) is 5.77. The van der Waals surface area contributed by atoms with Gasteiger partial charge in [-0.2, -0.15) is 0 Å². The molecule has 1 amide bonds. The highest BCUT2D eigenvalue weighted by Gasteiger charge is 2.09. The predicted octanol–water partition coefficient (Wildman–Crippen LogP) is 2.53. The van der Waals surface area contributed by atoms with Gasteiger partial charge in [0.05, 0.1) is 0 Å². The van der Waals surface area contributed by atoms with E-state index in [1.54, 1.807) is 29.4 Å². The smallest absolute Gasteiger partial charge is 0.256 e. The van der Waals surface area contributed by atoms with Crippen LogP contribution in [0.15, 0.2) is 49.3 Å². The molecule has 0 unspecified atom stereocenters. The molecule has 0 fully saturated rings. The largest absolute Gasteiger partial charge is 0.306 e. The molecule has 0 radical (unpaired) electrons. The predicted molar refractivity (Wildman–Crippen MR) is 83.0 cm³/mol. The Hall–Kier alpha value is -3.02. The van der Waals surface area contributed by atoms with Gasteiger partial charge in [-0.15, -0.1) is 0 Å². The zero-order chi connectivity index (χ0) is 15.5. The number of benzene rings is 1. The maximum Gasteiger partial charge on any atom is 0.256 e. The summed E-state index contributed by atoms with van der Waals surface area (Å²) >= 11 is 0. The van der Waals surface area contributed by atoms with Gasteiger partial charge in [0.25, 0.3) is 5.91 Å². The number of imidazole rings is 1. The first kappa shape index (κ1) is 13.9. The number of anilines is 1. The zero-order valence-electron chi connectivity index (χ0n) is 12.3. The number of nitrogens with zero attached hydrogens (tertiary/aromatic N) is 4. The van der Waals surface area contributed by atoms with E-state index >= 15 is 0 Å². The molecule has 0 saturated carbocycles. The first-order valence-corrected chi connectivity index (χ1v) is 6.82. The van der Waals surface area contributed by atoms with E-state index in [0.29, 0.717) is 17.2 Å². The van der Waals surface area contributed by atoms with E-state index in [0.717, 1.165) is 11.1 Å². The second-order valence-electron chi connectivity index (χ2n) is 5.06. The van der Waals surface area contributed by atoms with E-state index in [2.05, 4.69) is 20.3 Å². The highest BCUT2D eigenvalue weighted by atomic mass is 16.1. The van der Waals surface area contributed by atoms with E-state index in [9.17, 15) is 4.79 Å². The molecule has 3 aromatic rings. The fourth-order valence-corrected chi connectivity index (χ4v) is 2.25. The maximum atomic E-state index is 12.3. The molecule has 0 atom stereocenters. The fraction of sp³-hybridized carbons (Fsp3) is 0.125. The van der Waals surface area contributed by atoms with Crippen molar-refractivity contribution in [1.29, 1.82) is 0 Å². The van der Waals surface area contributed by atoms with Crippen molar-refractivity contribution >= 4 is 11.7 Å². The minimum atomic E-state index is -0.193. The van der Waals surface area contributed by atoms with Gasteiger partial charge in [-0.25, -0.2) is 15.0 Å². The van der Waals surface area contributed by atoms with Crippen LogP contribution in [-0.4, -0.2) is 25.4 Å². The number of aromatic nitrogens is 4. The Morgan fingerprint density at radius 1 is 1.09 bits per heavy atom. The van der Waals surface area contributed by atoms with Gasteiger partial charge in [-0.05, 0) is 26.0 Å². The highest BCUT2D eigenvalue weighted by Crippen LogP contribution is 2.13. The highest BCUT2D eigenvalue weighted by molar-refractivity contribution is 6.04. The van der Waals surface area contributed by atoms with Crippen molar-refractivity contribution < 1.29 is 4.79 Å². The van der Waals surface area contributed by atoms with Crippen molar-refractivity contribution in [3.05, 3.63) is 66.0 Å². The number of hydrogen-bond acceptors (Lipinski definition) is 4. The maximum absolute atomic E-state index is 12.3. The Labute approximate surface area is 127 Å². The van der Waals surface area contributed by atoms with Gasteiger partial charge in [-0.1, -0.05) is 17.2 Å². The van der Waals surface area contributed by atoms with Crippen molar-refractivity contribution in [1.82, 2.24) is 19.5 Å². The van der Waals surface area contributed by atoms with Crippen LogP contribution < -0.4 is 5.32 Å². The summed E-state index contributed by atoms with van der Waals surface area (Å²) in [5.41, 5.74) is 2.71. The number of amides is 1. The van der Waals surface area contributed by atoms with Crippen LogP contribution in [0.4, 0.5) is 5.82 Å². The number of nitrogens with one attached hydrogen (secondary N) is 1. The number of hydrogen-bond donors (Lipinski definition) is 1. The summed E-state index contributed by atoms with van der Waals surface area (Å²) in [7, 11) is 0. The lowest BCUT2D eigenvalue weighted by molar-refractivity contribution is 0.102. The summed E-state index contributed by atoms with van der Waals surface area (Å²) < 4.78 is 1.74. The zero-order valence-corrected chi connectivity index (χ0v) is 12.3. The molecule has 0 aliphatic heterocycles. The molecular weight excluding hydrogens is 278 g/mol. The topological polar surface area (TPSA) is 72.7 Å². The molecular formula is C16H15N5O. The third kappa shape index (κ3) is 3.01. The number of carbonyl (C=O) groups excluding carboxylic acids is 1. The lowest BCUT2D eigenvalue weighted by Crippen LogP contribution is -2.14. The molecule has 0 saturated heterocycles. The van der Waals surface area contributed by atoms with E-state index in [4.69, 9.17) is 0 Å². The van der Waals surface area contributed by atoms with Crippen molar-refractivity contribution in [3.63, 3.8) is 0 Å². The van der Waals surface area contributed by atoms with Crippen LogP contribution in [-0.2, 0) is 0 Å². The molecule has 2 heterocycles. The number of rotatable bonds is 3. The fourth-order valence-electron chi connectivity index (χ4n) is 2.25. The minimum absolute atomic E-state index is 0.193. The van der Waals surface area contributed by atoms with Crippen LogP contribution >= 0.6 is 0 Å². The van der Waals surface area contributed by atoms with Crippen molar-refractivity contribution in [3.8, 4) is 5.82 Å². The summed E-state index contributed by atoms with van der Waals surface area (Å²) in [6.07, 6.45) is 6.48. The summed E-state index contributed by atoms with van der Waals surface area (Å²) in [6.45, 7) is 3.93. The van der Waals surface area contributed by atoms with Gasteiger partial charge in [0.2, 0.25) is 0 Å². The molecule has 0 aliphatic rings. The summed E-state index contributed by atoms with van der Waals surface area (Å²) in [5, 5.41) is 2.79. The molecule has 110 valence electrons. The summed E-state index contributed by atoms with van der Waals surface area (Å²) in [5.74, 6) is 0.896. The van der Waals surface area contributed by atoms with Crippen LogP contribution in [0.25, 0.3) is 5.82 Å². The van der Waals surface area contributed by atoms with Gasteiger partial charge in [0, 0.05) is 24.0 Å². The first-order chi connectivity index (χ1) is 10.6. The van der Waals surface area contributed by atoms with E-state index in [1.807, 2.05) is 32.0 Å². The van der Waals surface area contributed by atoms with Gasteiger partial charge < -0.3 is 5.32 Å². The average Bonchev–Trinajstić information content (AvgIpc) is 3.00. The molecule has 0 spiro atoms. The third-order valence-electron chi connectivity index (χ3n) is 3.15. The molecule has 6 nitrogen and oxygen atoms in total. The van der Waals surface area contributed by atoms with Gasteiger partial charge >= 0.3 is 0 Å². The quantitative estimate of drug-likeness (QED) is 0.805. The van der Waals surface area contributed by atoms with Gasteiger partial charge in [-0.3, -0.25) is 9.36 Å². The molecule has 1 aromatic carbocycles. The molecule has 0 bridgehead atoms. The van der Waals surface area contributed by atoms with Crippen LogP contribution in [0.3, 0.4) is 0 Å². The van der Waals surface area contributed by atoms with Crippen molar-refractivity contribution in [2.75, 3.05) is 5.32 Å². The molecule has 1 N–H and O–H groups in total. The normalized spacial score (nSPS) is 10.5. The molecule has 22 heavy (non-hydrogen) atoms. The Kier molecular flexibility index (Phi) is 3.65. The van der Waals surface area contributed by atoms with Crippen molar-refractivity contribution in [2.24, 2.45) is 0 Å². The molecule has 6 heteroatoms. The van der Waals surface area contributed by atoms with Crippen LogP contribution in [0.5, 0.6) is 0 Å². The van der Waals surface area contributed by atoms with E-state index < -0.39 is 0 Å². The van der Waals surface area contributed by atoms with Crippen LogP contribution in [0.2, 0.25) is 0 Å². The standard InChI is InChI=1S/C16H15N5O/c1-11-5-12(2)7-13(6-11)16(22)20-14-8-15(19-9-18-14)21-4-3-17-10-21/h3-10H,1-2H3,(H,18,19,20,22). The minimum Gasteiger partial charge on any atom is -0.306 e. The van der Waals surface area contributed by atoms with Crippen LogP contribution in [0, 0.1) is 13.8 Å². The van der Waals surface area contributed by atoms with E-state index in [1.165, 1.54) is 6.33 Å². The Bertz CT molecular complexity index is 791. The first-order valence-electron chi connectivity index (χ1n) is 6.82. The monoisotopic (exact) mass is 293 g/mol. The number of aryl methyl sites for hydroxylation is 2.